The topological polar surface area (TPSA) is 151 Å². The molecule has 0 aliphatic carbocycles. The third-order valence-corrected chi connectivity index (χ3v) is 73.3. The molecule has 0 saturated carbocycles. The maximum absolute atomic E-state index is 12.6. The molecule has 6 rings (SSSR count). The van der Waals surface area contributed by atoms with Crippen molar-refractivity contribution in [1.82, 2.24) is 7.79 Å². The summed E-state index contributed by atoms with van der Waals surface area (Å²) in [5.74, 6) is 2.90. The number of nitrogens with zero attached hydrogens (tertiary/aromatic N) is 2. The Hall–Kier alpha value is -2.60. The first kappa shape index (κ1) is 105. The van der Waals surface area contributed by atoms with Gasteiger partial charge < -0.3 is 66.4 Å². The molecular formula is C83H151LiN2O13Si13. The fraction of sp³-hybridized carbons (Fsp3) is 0.542. The second kappa shape index (κ2) is 45.7. The van der Waals surface area contributed by atoms with Crippen LogP contribution in [0.25, 0.3) is 0 Å². The molecule has 3 unspecified atom stereocenters. The smallest absolute Gasteiger partial charge is 0.839 e. The van der Waals surface area contributed by atoms with Crippen molar-refractivity contribution in [2.24, 2.45) is 0 Å². The Labute approximate surface area is 708 Å². The van der Waals surface area contributed by atoms with Gasteiger partial charge in [0.15, 0.2) is 8.32 Å². The first-order valence-electron chi connectivity index (χ1n) is 40.2. The zero-order valence-electron chi connectivity index (χ0n) is 76.4. The van der Waals surface area contributed by atoms with E-state index in [0.29, 0.717) is 51.7 Å². The van der Waals surface area contributed by atoms with Gasteiger partial charge in [0.05, 0.1) is 47.1 Å². The zero-order chi connectivity index (χ0) is 84.5. The van der Waals surface area contributed by atoms with E-state index in [9.17, 15) is 4.80 Å². The Balaban J connectivity index is 0.000000531. The van der Waals surface area contributed by atoms with E-state index in [0.717, 1.165) is 52.8 Å². The van der Waals surface area contributed by atoms with E-state index in [-0.39, 0.29) is 25.5 Å². The van der Waals surface area contributed by atoms with Crippen LogP contribution in [0.5, 0.6) is 17.2 Å². The number of para-hydroxylation sites is 3. The molecule has 0 saturated heterocycles. The Morgan fingerprint density at radius 1 is 0.348 bits per heavy atom. The first-order valence-corrected chi connectivity index (χ1v) is 79.0. The van der Waals surface area contributed by atoms with Gasteiger partial charge in [-0.25, -0.2) is 0 Å². The molecule has 0 spiro atoms. The normalized spacial score (nSPS) is 14.4. The summed E-state index contributed by atoms with van der Waals surface area (Å²) in [5.41, 5.74) is 9.12. The molecule has 29 heteroatoms. The molecule has 0 bridgehead atoms. The third-order valence-electron chi connectivity index (χ3n) is 18.9. The molecule has 0 aliphatic heterocycles. The van der Waals surface area contributed by atoms with E-state index in [1.807, 2.05) is 49.0 Å². The number of aryl methyl sites for hydroxylation is 6. The molecule has 3 atom stereocenters. The fourth-order valence-electron chi connectivity index (χ4n) is 15.6. The van der Waals surface area contributed by atoms with Crippen LogP contribution < -0.4 is 53.4 Å². The minimum atomic E-state index is -2.92. The van der Waals surface area contributed by atoms with E-state index in [1.165, 1.54) is 32.6 Å². The van der Waals surface area contributed by atoms with Gasteiger partial charge in [-0.3, -0.25) is 0 Å². The number of hydrogen-bond acceptors (Lipinski definition) is 15. The summed E-state index contributed by atoms with van der Waals surface area (Å²) in [7, 11) is -27.4. The van der Waals surface area contributed by atoms with Gasteiger partial charge in [0.2, 0.25) is 33.4 Å². The Bertz CT molecular complexity index is 3700. The van der Waals surface area contributed by atoms with E-state index >= 15 is 0 Å². The molecule has 0 heterocycles. The van der Waals surface area contributed by atoms with Crippen molar-refractivity contribution in [3.05, 3.63) is 191 Å². The second-order valence-corrected chi connectivity index (χ2v) is 90.8. The Morgan fingerprint density at radius 2 is 0.634 bits per heavy atom. The van der Waals surface area contributed by atoms with Crippen LogP contribution in [0.2, 0.25) is 177 Å². The average molecular weight is 1760 g/mol. The van der Waals surface area contributed by atoms with Crippen LogP contribution in [0, 0.1) is 20.8 Å². The molecule has 0 amide bonds. The van der Waals surface area contributed by atoms with Crippen molar-refractivity contribution in [3.63, 3.8) is 0 Å². The summed E-state index contributed by atoms with van der Waals surface area (Å²) in [4.78, 5) is 12.6. The van der Waals surface area contributed by atoms with Crippen LogP contribution in [0.3, 0.4) is 0 Å². The number of hydrogen-bond donors (Lipinski definition) is 1. The van der Waals surface area contributed by atoms with Crippen LogP contribution in [0.4, 0.5) is 0 Å². The molecule has 1 N–H and O–H groups in total. The van der Waals surface area contributed by atoms with Crippen molar-refractivity contribution in [2.75, 3.05) is 58.3 Å². The van der Waals surface area contributed by atoms with Gasteiger partial charge in [0.1, 0.15) is 70.0 Å². The van der Waals surface area contributed by atoms with E-state index in [1.54, 1.807) is 13.1 Å². The summed E-state index contributed by atoms with van der Waals surface area (Å²) >= 11 is 0. The summed E-state index contributed by atoms with van der Waals surface area (Å²) in [5, 5.41) is 12.3. The standard InChI is InChI=1S/C29H55NO4Si5.C25H40O4Si3.C18H40NO3Si5.C11H16O2.Li/c1-14-27-20-18-19-26(2)29(27)31-23-24-32-38(11,12)33-25-39(13,28-21-16-15-17-22-28)34-37(9,10)30(35(3,4)5)36(6,7)8;1-9-23-16-14-15-22(3)25(23)26-19-20-27-31(6,7)28-21-32(8,29-30(4,5)10-2)24-17-12-11-13-18-24;1-23(2,3)19(24(4,5)6)25(7,8)21-17-27(11,22-26(9,10)20)18-15-13-12-14-16-18;1-3-10-6-4-5-9(2)11(10)13-8-7-12;/h15-22H,14,23-25H2,1-13H3;10-18H,2,9,19-21H2,1,3-8H3;12-16H,17H2,1-11H3;4-6,12H,3,7-8H2,1-2H3;/q;;-1;;+1. The number of ether oxygens (including phenoxy) is 3. The van der Waals surface area contributed by atoms with Crippen LogP contribution in [-0.4, -0.2) is 180 Å². The van der Waals surface area contributed by atoms with Crippen molar-refractivity contribution < 1.29 is 77.4 Å². The predicted octanol–water partition coefficient (Wildman–Crippen LogP) is 15.7. The fourth-order valence-corrected chi connectivity index (χ4v) is 87.1. The largest absolute Gasteiger partial charge is 1.00 e. The number of rotatable bonds is 41. The molecule has 112 heavy (non-hydrogen) atoms. The molecule has 624 valence electrons. The number of benzene rings is 6. The van der Waals surface area contributed by atoms with Gasteiger partial charge in [-0.2, -0.15) is 0 Å². The third kappa shape index (κ3) is 35.4. The zero-order valence-corrected chi connectivity index (χ0v) is 89.4. The van der Waals surface area contributed by atoms with Crippen LogP contribution in [0.1, 0.15) is 54.2 Å². The summed E-state index contributed by atoms with van der Waals surface area (Å²) in [6.45, 7) is 80.9. The van der Waals surface area contributed by atoms with Crippen LogP contribution in [-0.2, 0) is 53.7 Å². The van der Waals surface area contributed by atoms with Gasteiger partial charge in [-0.15, -0.1) is 6.58 Å². The molecule has 0 fully saturated rings. The van der Waals surface area contributed by atoms with Crippen LogP contribution in [0.15, 0.2) is 158 Å². The molecule has 0 aliphatic rings. The Morgan fingerprint density at radius 3 is 0.920 bits per heavy atom. The van der Waals surface area contributed by atoms with E-state index < -0.39 is 109 Å². The molecule has 6 aromatic rings. The Kier molecular flexibility index (Phi) is 43.0. The summed E-state index contributed by atoms with van der Waals surface area (Å²) in [6.07, 6.45) is 4.59. The molecule has 0 radical (unpaired) electrons. The van der Waals surface area contributed by atoms with E-state index in [4.69, 9.17) is 53.8 Å². The molecular weight excluding hydrogens is 1600 g/mol. The number of aliphatic hydroxyl groups excluding tert-OH is 1. The SMILES string of the molecule is C=C[Si](C)(C)O[Si](C)(CO[Si](C)(C)OCCOc1c(C)cccc1CC)c1ccccc1.CCc1cccc(C)c1OCCO.CCc1cccc(C)c1OCCO[Si](C)(C)OC[Si](C)(O[Si](C)(C)N([Si](C)(C)C)[Si](C)(C)C)c1ccccc1.C[Si](C)([O-])O[Si](C)(CO[Si](C)(C)N([Si](C)(C)C)[Si](C)(C)C)c1ccccc1.[Li+]. The maximum atomic E-state index is 12.6. The summed E-state index contributed by atoms with van der Waals surface area (Å²) < 4.78 is 76.3. The van der Waals surface area contributed by atoms with Gasteiger partial charge in [-0.05, 0) is 174 Å². The van der Waals surface area contributed by atoms with Crippen molar-refractivity contribution in [3.8, 4) is 17.2 Å². The average Bonchev–Trinajstić information content (AvgIpc) is 0.768. The van der Waals surface area contributed by atoms with Gasteiger partial charge in [0, 0.05) is 0 Å². The van der Waals surface area contributed by atoms with Gasteiger partial charge >= 0.3 is 36.0 Å². The van der Waals surface area contributed by atoms with E-state index in [2.05, 4.69) is 322 Å². The first-order chi connectivity index (χ1) is 51.0. The second-order valence-electron chi connectivity index (χ2n) is 36.4. The minimum absolute atomic E-state index is 0. The van der Waals surface area contributed by atoms with Crippen molar-refractivity contribution in [2.45, 2.75) is 238 Å². The molecule has 0 aromatic heterocycles. The van der Waals surface area contributed by atoms with Gasteiger partial charge in [-0.1, -0.05) is 264 Å². The maximum Gasteiger partial charge on any atom is 1.00 e. The van der Waals surface area contributed by atoms with Crippen molar-refractivity contribution in [1.29, 1.82) is 0 Å². The summed E-state index contributed by atoms with van der Waals surface area (Å²) in [6, 6.07) is 50.2. The monoisotopic (exact) mass is 1750 g/mol. The predicted molar refractivity (Wildman–Crippen MR) is 503 cm³/mol. The number of aliphatic hydroxyl groups is 1. The van der Waals surface area contributed by atoms with Crippen molar-refractivity contribution >= 4 is 124 Å². The van der Waals surface area contributed by atoms with Gasteiger partial charge in [0.25, 0.3) is 8.48 Å². The minimum Gasteiger partial charge on any atom is -0.839 e. The molecule has 15 nitrogen and oxygen atoms in total. The molecule has 6 aromatic carbocycles. The quantitative estimate of drug-likeness (QED) is 0.0286. The van der Waals surface area contributed by atoms with Crippen LogP contribution >= 0.6 is 0 Å².